The second kappa shape index (κ2) is 7.44. The van der Waals surface area contributed by atoms with Crippen LogP contribution in [0.5, 0.6) is 0 Å². The molecule has 0 aliphatic heterocycles. The number of aliphatic hydroxyl groups is 1. The molecule has 1 saturated carbocycles. The number of para-hydroxylation sites is 1. The minimum absolute atomic E-state index is 0.0181. The van der Waals surface area contributed by atoms with Gasteiger partial charge in [0.25, 0.3) is 5.69 Å². The Balaban J connectivity index is 1.73. The molecule has 1 unspecified atom stereocenters. The molecule has 1 fully saturated rings. The molecule has 3 rings (SSSR count). The van der Waals surface area contributed by atoms with Crippen LogP contribution in [0, 0.1) is 10.1 Å². The summed E-state index contributed by atoms with van der Waals surface area (Å²) < 4.78 is 0. The molecular weight excluding hydrogens is 320 g/mol. The van der Waals surface area contributed by atoms with E-state index in [1.807, 2.05) is 18.2 Å². The van der Waals surface area contributed by atoms with Gasteiger partial charge in [-0.3, -0.25) is 14.9 Å². The van der Waals surface area contributed by atoms with Crippen LogP contribution in [-0.2, 0) is 11.3 Å². The first-order valence-corrected chi connectivity index (χ1v) is 8.31. The smallest absolute Gasteiger partial charge is 0.274 e. The summed E-state index contributed by atoms with van der Waals surface area (Å²) in [4.78, 5) is 25.1. The van der Waals surface area contributed by atoms with Crippen LogP contribution in [0.15, 0.2) is 54.6 Å². The number of amides is 1. The Bertz CT molecular complexity index is 759. The molecule has 1 aliphatic rings. The van der Waals surface area contributed by atoms with E-state index in [0.717, 1.165) is 12.8 Å². The minimum atomic E-state index is -0.874. The highest BCUT2D eigenvalue weighted by molar-refractivity contribution is 5.77. The molecule has 1 amide bonds. The predicted molar refractivity (Wildman–Crippen MR) is 92.7 cm³/mol. The maximum atomic E-state index is 12.7. The quantitative estimate of drug-likeness (QED) is 0.619. The van der Waals surface area contributed by atoms with Crippen LogP contribution in [0.1, 0.15) is 36.5 Å². The van der Waals surface area contributed by atoms with Gasteiger partial charge in [0.2, 0.25) is 5.91 Å². The Morgan fingerprint density at radius 2 is 1.80 bits per heavy atom. The van der Waals surface area contributed by atoms with Crippen LogP contribution in [0.25, 0.3) is 0 Å². The molecular formula is C19H20N2O4. The van der Waals surface area contributed by atoms with E-state index in [4.69, 9.17) is 0 Å². The molecule has 0 bridgehead atoms. The van der Waals surface area contributed by atoms with Gasteiger partial charge in [-0.1, -0.05) is 48.5 Å². The van der Waals surface area contributed by atoms with Gasteiger partial charge in [0.15, 0.2) is 0 Å². The number of rotatable bonds is 7. The van der Waals surface area contributed by atoms with Gasteiger partial charge in [0, 0.05) is 17.7 Å². The second-order valence-electron chi connectivity index (χ2n) is 6.27. The van der Waals surface area contributed by atoms with Gasteiger partial charge in [-0.15, -0.1) is 0 Å². The minimum Gasteiger partial charge on any atom is -0.388 e. The molecule has 2 aromatic rings. The Labute approximate surface area is 145 Å². The van der Waals surface area contributed by atoms with Crippen LogP contribution < -0.4 is 0 Å². The third-order valence-electron chi connectivity index (χ3n) is 4.39. The third-order valence-corrected chi connectivity index (χ3v) is 4.39. The molecule has 130 valence electrons. The highest BCUT2D eigenvalue weighted by Gasteiger charge is 2.34. The normalized spacial score (nSPS) is 14.8. The fraction of sp³-hybridized carbons (Fsp3) is 0.316. The summed E-state index contributed by atoms with van der Waals surface area (Å²) in [6, 6.07) is 15.6. The number of hydrogen-bond donors (Lipinski definition) is 1. The van der Waals surface area contributed by atoms with E-state index in [1.54, 1.807) is 35.2 Å². The molecule has 2 aromatic carbocycles. The Morgan fingerprint density at radius 3 is 2.44 bits per heavy atom. The predicted octanol–water partition coefficient (Wildman–Crippen LogP) is 3.21. The van der Waals surface area contributed by atoms with Crippen LogP contribution >= 0.6 is 0 Å². The van der Waals surface area contributed by atoms with E-state index in [-0.39, 0.29) is 30.6 Å². The van der Waals surface area contributed by atoms with Crippen LogP contribution in [0.4, 0.5) is 5.69 Å². The van der Waals surface area contributed by atoms with E-state index < -0.39 is 11.0 Å². The fourth-order valence-electron chi connectivity index (χ4n) is 2.89. The number of carbonyl (C=O) groups excluding carboxylic acids is 1. The van der Waals surface area contributed by atoms with E-state index in [1.165, 1.54) is 6.07 Å². The first-order chi connectivity index (χ1) is 12.1. The van der Waals surface area contributed by atoms with Crippen LogP contribution in [0.3, 0.4) is 0 Å². The number of carbonyl (C=O) groups is 1. The topological polar surface area (TPSA) is 83.7 Å². The molecule has 6 nitrogen and oxygen atoms in total. The largest absolute Gasteiger partial charge is 0.388 e. The first-order valence-electron chi connectivity index (χ1n) is 8.31. The molecule has 1 N–H and O–H groups in total. The SMILES string of the molecule is O=C(CC(O)c1ccccc1)N(Cc1ccccc1[N+](=O)[O-])C1CC1. The molecule has 0 spiro atoms. The van der Waals surface area contributed by atoms with Crippen molar-refractivity contribution in [3.8, 4) is 0 Å². The van der Waals surface area contributed by atoms with Gasteiger partial charge in [-0.2, -0.15) is 0 Å². The van der Waals surface area contributed by atoms with Gasteiger partial charge in [0.1, 0.15) is 0 Å². The zero-order chi connectivity index (χ0) is 17.8. The molecule has 0 saturated heterocycles. The summed E-state index contributed by atoms with van der Waals surface area (Å²) in [6.07, 6.45) is 0.892. The highest BCUT2D eigenvalue weighted by atomic mass is 16.6. The van der Waals surface area contributed by atoms with E-state index in [9.17, 15) is 20.0 Å². The molecule has 0 radical (unpaired) electrons. The summed E-state index contributed by atoms with van der Waals surface area (Å²) in [5.41, 5.74) is 1.23. The number of nitrogens with zero attached hydrogens (tertiary/aromatic N) is 2. The highest BCUT2D eigenvalue weighted by Crippen LogP contribution is 2.32. The lowest BCUT2D eigenvalue weighted by Gasteiger charge is -2.24. The van der Waals surface area contributed by atoms with Gasteiger partial charge in [-0.25, -0.2) is 0 Å². The number of benzene rings is 2. The van der Waals surface area contributed by atoms with E-state index in [2.05, 4.69) is 0 Å². The van der Waals surface area contributed by atoms with Crippen molar-refractivity contribution >= 4 is 11.6 Å². The van der Waals surface area contributed by atoms with Crippen molar-refractivity contribution in [2.45, 2.75) is 38.0 Å². The van der Waals surface area contributed by atoms with E-state index in [0.29, 0.717) is 11.1 Å². The molecule has 6 heteroatoms. The van der Waals surface area contributed by atoms with Gasteiger partial charge >= 0.3 is 0 Å². The summed E-state index contributed by atoms with van der Waals surface area (Å²) in [6.45, 7) is 0.197. The third kappa shape index (κ3) is 4.22. The molecule has 1 atom stereocenters. The van der Waals surface area contributed by atoms with Crippen molar-refractivity contribution < 1.29 is 14.8 Å². The molecule has 0 aromatic heterocycles. The monoisotopic (exact) mass is 340 g/mol. The second-order valence-corrected chi connectivity index (χ2v) is 6.27. The van der Waals surface area contributed by atoms with Gasteiger partial charge in [-0.05, 0) is 18.4 Å². The Morgan fingerprint density at radius 1 is 1.16 bits per heavy atom. The zero-order valence-electron chi connectivity index (χ0n) is 13.7. The summed E-state index contributed by atoms with van der Waals surface area (Å²) in [7, 11) is 0. The first kappa shape index (κ1) is 17.1. The summed E-state index contributed by atoms with van der Waals surface area (Å²) in [5, 5.41) is 21.5. The lowest BCUT2D eigenvalue weighted by Crippen LogP contribution is -2.33. The van der Waals surface area contributed by atoms with Gasteiger partial charge < -0.3 is 10.0 Å². The van der Waals surface area contributed by atoms with Crippen molar-refractivity contribution in [3.63, 3.8) is 0 Å². The molecule has 25 heavy (non-hydrogen) atoms. The van der Waals surface area contributed by atoms with Crippen molar-refractivity contribution in [3.05, 3.63) is 75.8 Å². The lowest BCUT2D eigenvalue weighted by atomic mass is 10.1. The lowest BCUT2D eigenvalue weighted by molar-refractivity contribution is -0.385. The molecule has 0 heterocycles. The number of hydrogen-bond acceptors (Lipinski definition) is 4. The van der Waals surface area contributed by atoms with E-state index >= 15 is 0 Å². The van der Waals surface area contributed by atoms with Crippen LogP contribution in [0.2, 0.25) is 0 Å². The molecule has 1 aliphatic carbocycles. The van der Waals surface area contributed by atoms with Crippen molar-refractivity contribution in [1.82, 2.24) is 4.90 Å². The van der Waals surface area contributed by atoms with Gasteiger partial charge in [0.05, 0.1) is 24.0 Å². The summed E-state index contributed by atoms with van der Waals surface area (Å²) >= 11 is 0. The standard InChI is InChI=1S/C19H20N2O4/c22-18(14-6-2-1-3-7-14)12-19(23)20(16-10-11-16)13-15-8-4-5-9-17(15)21(24)25/h1-9,16,18,22H,10-13H2. The maximum absolute atomic E-state index is 12.7. The number of nitro groups is 1. The summed E-state index contributed by atoms with van der Waals surface area (Å²) in [5.74, 6) is -0.183. The fourth-order valence-corrected chi connectivity index (χ4v) is 2.89. The average molecular weight is 340 g/mol. The number of aliphatic hydroxyl groups excluding tert-OH is 1. The average Bonchev–Trinajstić information content (AvgIpc) is 3.45. The Hall–Kier alpha value is -2.73. The van der Waals surface area contributed by atoms with Crippen LogP contribution in [-0.4, -0.2) is 26.9 Å². The zero-order valence-corrected chi connectivity index (χ0v) is 13.7. The Kier molecular flexibility index (Phi) is 5.09. The van der Waals surface area contributed by atoms with Crippen molar-refractivity contribution in [1.29, 1.82) is 0 Å². The number of nitro benzene ring substituents is 1. The maximum Gasteiger partial charge on any atom is 0.274 e. The van der Waals surface area contributed by atoms with Crippen molar-refractivity contribution in [2.75, 3.05) is 0 Å². The van der Waals surface area contributed by atoms with Crippen molar-refractivity contribution in [2.24, 2.45) is 0 Å².